The molecule has 2 rings (SSSR count). The van der Waals surface area contributed by atoms with Gasteiger partial charge in [-0.25, -0.2) is 0 Å². The molecule has 3 nitrogen and oxygen atoms in total. The van der Waals surface area contributed by atoms with E-state index in [9.17, 15) is 9.90 Å². The third kappa shape index (κ3) is 3.82. The summed E-state index contributed by atoms with van der Waals surface area (Å²) in [6.07, 6.45) is 6.26. The molecule has 0 unspecified atom stereocenters. The standard InChI is InChI=1S/C13H19NO2S/c15-13(16)12-6-5-11(17-12)7-10-14-8-3-1-2-4-9-14/h5-6H,1-4,7-10H2,(H,15,16)/p-1. The van der Waals surface area contributed by atoms with Crippen LogP contribution in [0.15, 0.2) is 12.1 Å². The number of nitrogens with zero attached hydrogens (tertiary/aromatic N) is 1. The summed E-state index contributed by atoms with van der Waals surface area (Å²) in [7, 11) is 0. The van der Waals surface area contributed by atoms with Gasteiger partial charge in [0, 0.05) is 11.4 Å². The first kappa shape index (κ1) is 12.6. The zero-order valence-corrected chi connectivity index (χ0v) is 10.8. The number of likely N-dealkylation sites (tertiary alicyclic amines) is 1. The van der Waals surface area contributed by atoms with E-state index >= 15 is 0 Å². The number of hydrogen-bond acceptors (Lipinski definition) is 4. The first-order chi connectivity index (χ1) is 8.25. The number of carboxylic acids is 1. The van der Waals surface area contributed by atoms with Gasteiger partial charge in [-0.05, 0) is 44.5 Å². The first-order valence-corrected chi connectivity index (χ1v) is 7.10. The van der Waals surface area contributed by atoms with Crippen molar-refractivity contribution in [3.8, 4) is 0 Å². The van der Waals surface area contributed by atoms with E-state index in [1.54, 1.807) is 6.07 Å². The molecule has 0 aliphatic carbocycles. The molecule has 0 radical (unpaired) electrons. The number of carbonyl (C=O) groups is 1. The second kappa shape index (κ2) is 6.17. The van der Waals surface area contributed by atoms with Crippen molar-refractivity contribution in [3.63, 3.8) is 0 Å². The zero-order chi connectivity index (χ0) is 12.1. The molecule has 1 fully saturated rings. The average Bonchev–Trinajstić information content (AvgIpc) is 2.63. The quantitative estimate of drug-likeness (QED) is 0.816. The molecule has 0 spiro atoms. The van der Waals surface area contributed by atoms with Crippen molar-refractivity contribution < 1.29 is 9.90 Å². The predicted octanol–water partition coefficient (Wildman–Crippen LogP) is 1.53. The lowest BCUT2D eigenvalue weighted by Crippen LogP contribution is -2.26. The summed E-state index contributed by atoms with van der Waals surface area (Å²) in [5.74, 6) is -1.06. The van der Waals surface area contributed by atoms with Gasteiger partial charge in [-0.3, -0.25) is 0 Å². The third-order valence-corrected chi connectivity index (χ3v) is 4.36. The Bertz CT molecular complexity index is 367. The molecule has 1 aromatic heterocycles. The minimum absolute atomic E-state index is 0.343. The zero-order valence-electron chi connectivity index (χ0n) is 9.98. The maximum Gasteiger partial charge on any atom is 0.0815 e. The topological polar surface area (TPSA) is 43.4 Å². The molecule has 17 heavy (non-hydrogen) atoms. The van der Waals surface area contributed by atoms with Crippen molar-refractivity contribution in [1.82, 2.24) is 4.90 Å². The van der Waals surface area contributed by atoms with Crippen LogP contribution in [0.5, 0.6) is 0 Å². The minimum atomic E-state index is -1.06. The summed E-state index contributed by atoms with van der Waals surface area (Å²) in [5.41, 5.74) is 0. The van der Waals surface area contributed by atoms with E-state index in [-0.39, 0.29) is 0 Å². The summed E-state index contributed by atoms with van der Waals surface area (Å²) in [6.45, 7) is 3.43. The van der Waals surface area contributed by atoms with Crippen LogP contribution in [-0.2, 0) is 6.42 Å². The predicted molar refractivity (Wildman–Crippen MR) is 67.3 cm³/mol. The molecule has 0 saturated carbocycles. The molecule has 1 aromatic rings. The average molecular weight is 252 g/mol. The fourth-order valence-electron chi connectivity index (χ4n) is 2.25. The van der Waals surface area contributed by atoms with Gasteiger partial charge in [0.05, 0.1) is 10.8 Å². The molecule has 2 heterocycles. The SMILES string of the molecule is O=C([O-])c1ccc(CCN2CCCCCC2)s1. The molecule has 1 saturated heterocycles. The van der Waals surface area contributed by atoms with Crippen LogP contribution >= 0.6 is 11.3 Å². The van der Waals surface area contributed by atoms with E-state index < -0.39 is 5.97 Å². The molecule has 94 valence electrons. The van der Waals surface area contributed by atoms with Crippen molar-refractivity contribution in [3.05, 3.63) is 21.9 Å². The Kier molecular flexibility index (Phi) is 4.57. The lowest BCUT2D eigenvalue weighted by molar-refractivity contribution is -0.254. The van der Waals surface area contributed by atoms with Gasteiger partial charge in [0.2, 0.25) is 0 Å². The van der Waals surface area contributed by atoms with Crippen LogP contribution in [0.1, 0.15) is 40.2 Å². The van der Waals surface area contributed by atoms with Crippen molar-refractivity contribution >= 4 is 17.3 Å². The van der Waals surface area contributed by atoms with Crippen LogP contribution in [0.25, 0.3) is 0 Å². The maximum atomic E-state index is 10.7. The Morgan fingerprint density at radius 2 is 1.94 bits per heavy atom. The number of aromatic carboxylic acids is 1. The Labute approximate surface area is 106 Å². The highest BCUT2D eigenvalue weighted by Gasteiger charge is 2.09. The van der Waals surface area contributed by atoms with E-state index in [4.69, 9.17) is 0 Å². The second-order valence-corrected chi connectivity index (χ2v) is 5.73. The van der Waals surface area contributed by atoms with Gasteiger partial charge in [0.15, 0.2) is 0 Å². The van der Waals surface area contributed by atoms with Crippen molar-refractivity contribution in [1.29, 1.82) is 0 Å². The molecule has 0 amide bonds. The van der Waals surface area contributed by atoms with Crippen molar-refractivity contribution in [2.75, 3.05) is 19.6 Å². The summed E-state index contributed by atoms with van der Waals surface area (Å²) < 4.78 is 0. The van der Waals surface area contributed by atoms with Gasteiger partial charge in [-0.2, -0.15) is 0 Å². The molecule has 0 aromatic carbocycles. The van der Waals surface area contributed by atoms with Crippen LogP contribution in [0.2, 0.25) is 0 Å². The summed E-state index contributed by atoms with van der Waals surface area (Å²) >= 11 is 1.35. The van der Waals surface area contributed by atoms with Gasteiger partial charge >= 0.3 is 0 Å². The maximum absolute atomic E-state index is 10.7. The van der Waals surface area contributed by atoms with Crippen LogP contribution in [0.4, 0.5) is 0 Å². The van der Waals surface area contributed by atoms with Gasteiger partial charge in [-0.1, -0.05) is 12.8 Å². The van der Waals surface area contributed by atoms with Crippen molar-refractivity contribution in [2.24, 2.45) is 0 Å². The number of rotatable bonds is 4. The number of carboxylic acid groups (broad SMARTS) is 1. The van der Waals surface area contributed by atoms with E-state index in [0.717, 1.165) is 17.8 Å². The van der Waals surface area contributed by atoms with Gasteiger partial charge in [-0.15, -0.1) is 11.3 Å². The van der Waals surface area contributed by atoms with E-state index in [1.807, 2.05) is 6.07 Å². The van der Waals surface area contributed by atoms with E-state index in [0.29, 0.717) is 4.88 Å². The summed E-state index contributed by atoms with van der Waals surface area (Å²) in [5, 5.41) is 10.7. The second-order valence-electron chi connectivity index (χ2n) is 4.56. The number of hydrogen-bond donors (Lipinski definition) is 0. The summed E-state index contributed by atoms with van der Waals surface area (Å²) in [4.78, 5) is 14.6. The first-order valence-electron chi connectivity index (χ1n) is 6.28. The fraction of sp³-hybridized carbons (Fsp3) is 0.615. The molecule has 4 heteroatoms. The highest BCUT2D eigenvalue weighted by Crippen LogP contribution is 2.17. The highest BCUT2D eigenvalue weighted by molar-refractivity contribution is 7.13. The van der Waals surface area contributed by atoms with Gasteiger partial charge < -0.3 is 14.8 Å². The largest absolute Gasteiger partial charge is 0.544 e. The molecule has 0 atom stereocenters. The molecular formula is C13H18NO2S-. The Morgan fingerprint density at radius 1 is 1.24 bits per heavy atom. The number of carbonyl (C=O) groups excluding carboxylic acids is 1. The molecule has 0 bridgehead atoms. The van der Waals surface area contributed by atoms with Gasteiger partial charge in [0.1, 0.15) is 0 Å². The minimum Gasteiger partial charge on any atom is -0.544 e. The number of thiophene rings is 1. The lowest BCUT2D eigenvalue weighted by Gasteiger charge is -2.18. The van der Waals surface area contributed by atoms with Crippen LogP contribution in [-0.4, -0.2) is 30.5 Å². The molecule has 1 aliphatic rings. The fourth-order valence-corrected chi connectivity index (χ4v) is 3.08. The van der Waals surface area contributed by atoms with Gasteiger partial charge in [0.25, 0.3) is 0 Å². The molecular weight excluding hydrogens is 234 g/mol. The highest BCUT2D eigenvalue weighted by atomic mass is 32.1. The smallest absolute Gasteiger partial charge is 0.0815 e. The Hall–Kier alpha value is -0.870. The third-order valence-electron chi connectivity index (χ3n) is 3.24. The van der Waals surface area contributed by atoms with Crippen LogP contribution in [0, 0.1) is 0 Å². The van der Waals surface area contributed by atoms with Crippen LogP contribution in [0.3, 0.4) is 0 Å². The lowest BCUT2D eigenvalue weighted by atomic mass is 10.2. The van der Waals surface area contributed by atoms with Crippen molar-refractivity contribution in [2.45, 2.75) is 32.1 Å². The van der Waals surface area contributed by atoms with E-state index in [2.05, 4.69) is 4.90 Å². The monoisotopic (exact) mass is 252 g/mol. The summed E-state index contributed by atoms with van der Waals surface area (Å²) in [6, 6.07) is 3.56. The Morgan fingerprint density at radius 3 is 2.53 bits per heavy atom. The Balaban J connectivity index is 1.81. The molecule has 0 N–H and O–H groups in total. The molecule has 1 aliphatic heterocycles. The normalized spacial score (nSPS) is 17.9. The van der Waals surface area contributed by atoms with E-state index in [1.165, 1.54) is 50.1 Å². The van der Waals surface area contributed by atoms with Crippen LogP contribution < -0.4 is 5.11 Å².